The number of hydrogen-bond donors (Lipinski definition) is 1. The molecule has 90 valence electrons. The molecule has 0 fully saturated rings. The molecule has 0 aliphatic carbocycles. The molecular weight excluding hydrogens is 234 g/mol. The maximum Gasteiger partial charge on any atom is 0.267 e. The number of anilines is 1. The Labute approximate surface area is 104 Å². The minimum Gasteiger partial charge on any atom is -0.371 e. The van der Waals surface area contributed by atoms with Crippen LogP contribution in [-0.4, -0.2) is 24.0 Å². The summed E-state index contributed by atoms with van der Waals surface area (Å²) in [5.74, 6) is -0.483. The maximum absolute atomic E-state index is 11.1. The minimum absolute atomic E-state index is 0.323. The van der Waals surface area contributed by atoms with Gasteiger partial charge in [0.15, 0.2) is 0 Å². The zero-order valence-corrected chi connectivity index (χ0v) is 10.8. The third-order valence-electron chi connectivity index (χ3n) is 2.80. The Kier molecular flexibility index (Phi) is 3.28. The van der Waals surface area contributed by atoms with Gasteiger partial charge in [0.2, 0.25) is 0 Å². The Morgan fingerprint density at radius 1 is 1.47 bits per heavy atom. The Hall–Kier alpha value is -1.62. The number of carbonyl (C=O) groups is 1. The average Bonchev–Trinajstić information content (AvgIpc) is 2.74. The molecule has 2 aromatic rings. The molecule has 0 saturated carbocycles. The number of primary amides is 1. The number of amides is 1. The van der Waals surface area contributed by atoms with Crippen LogP contribution in [0.1, 0.15) is 24.3 Å². The topological polar surface area (TPSA) is 59.2 Å². The van der Waals surface area contributed by atoms with E-state index in [2.05, 4.69) is 29.1 Å². The van der Waals surface area contributed by atoms with Crippen molar-refractivity contribution in [3.05, 3.63) is 23.3 Å². The number of nitrogens with zero attached hydrogens (tertiary/aromatic N) is 2. The van der Waals surface area contributed by atoms with Gasteiger partial charge >= 0.3 is 0 Å². The summed E-state index contributed by atoms with van der Waals surface area (Å²) in [6, 6.07) is 1.78. The lowest BCUT2D eigenvalue weighted by Gasteiger charge is -2.19. The first kappa shape index (κ1) is 11.9. The lowest BCUT2D eigenvalue weighted by Crippen LogP contribution is -2.21. The van der Waals surface area contributed by atoms with E-state index in [1.54, 1.807) is 23.6 Å². The van der Waals surface area contributed by atoms with Crippen LogP contribution >= 0.6 is 11.3 Å². The standard InChI is InChI=1S/C12H15N3OS/c1-3-15(4-2)10-7-17-11-6-14-9(12(13)16)5-8(10)11/h5-7H,3-4H2,1-2H3,(H2,13,16). The summed E-state index contributed by atoms with van der Waals surface area (Å²) in [4.78, 5) is 17.4. The molecule has 0 aromatic carbocycles. The van der Waals surface area contributed by atoms with E-state index in [4.69, 9.17) is 5.73 Å². The highest BCUT2D eigenvalue weighted by molar-refractivity contribution is 7.17. The summed E-state index contributed by atoms with van der Waals surface area (Å²) < 4.78 is 1.08. The first-order valence-electron chi connectivity index (χ1n) is 5.59. The van der Waals surface area contributed by atoms with E-state index in [1.807, 2.05) is 0 Å². The fourth-order valence-corrected chi connectivity index (χ4v) is 2.78. The van der Waals surface area contributed by atoms with Crippen molar-refractivity contribution < 1.29 is 4.79 Å². The predicted molar refractivity (Wildman–Crippen MR) is 71.7 cm³/mol. The smallest absolute Gasteiger partial charge is 0.267 e. The molecule has 0 aliphatic heterocycles. The average molecular weight is 249 g/mol. The van der Waals surface area contributed by atoms with Gasteiger partial charge in [-0.15, -0.1) is 11.3 Å². The minimum atomic E-state index is -0.483. The van der Waals surface area contributed by atoms with Crippen LogP contribution in [0.5, 0.6) is 0 Å². The summed E-state index contributed by atoms with van der Waals surface area (Å²) in [5, 5.41) is 3.16. The molecule has 0 saturated heterocycles. The lowest BCUT2D eigenvalue weighted by atomic mass is 10.2. The number of nitrogens with two attached hydrogens (primary N) is 1. The van der Waals surface area contributed by atoms with Crippen LogP contribution < -0.4 is 10.6 Å². The summed E-state index contributed by atoms with van der Waals surface area (Å²) in [7, 11) is 0. The van der Waals surface area contributed by atoms with Gasteiger partial charge in [-0.25, -0.2) is 4.98 Å². The summed E-state index contributed by atoms with van der Waals surface area (Å²) in [5.41, 5.74) is 6.73. The third kappa shape index (κ3) is 2.10. The normalized spacial score (nSPS) is 10.7. The second kappa shape index (κ2) is 4.71. The molecule has 17 heavy (non-hydrogen) atoms. The van der Waals surface area contributed by atoms with Crippen LogP contribution in [0.4, 0.5) is 5.69 Å². The predicted octanol–water partition coefficient (Wildman–Crippen LogP) is 2.24. The van der Waals surface area contributed by atoms with E-state index in [-0.39, 0.29) is 0 Å². The zero-order valence-electron chi connectivity index (χ0n) is 9.93. The van der Waals surface area contributed by atoms with Crippen LogP contribution in [0.15, 0.2) is 17.6 Å². The van der Waals surface area contributed by atoms with Crippen molar-refractivity contribution in [2.24, 2.45) is 5.73 Å². The highest BCUT2D eigenvalue weighted by Gasteiger charge is 2.12. The molecule has 2 N–H and O–H groups in total. The third-order valence-corrected chi connectivity index (χ3v) is 3.72. The molecule has 0 spiro atoms. The van der Waals surface area contributed by atoms with Crippen molar-refractivity contribution in [3.63, 3.8) is 0 Å². The molecule has 2 aromatic heterocycles. The SMILES string of the molecule is CCN(CC)c1csc2cnc(C(N)=O)cc12. The van der Waals surface area contributed by atoms with Gasteiger partial charge in [-0.05, 0) is 19.9 Å². The van der Waals surface area contributed by atoms with E-state index in [1.165, 1.54) is 0 Å². The van der Waals surface area contributed by atoms with Gasteiger partial charge in [0.1, 0.15) is 5.69 Å². The van der Waals surface area contributed by atoms with Gasteiger partial charge in [0, 0.05) is 30.1 Å². The lowest BCUT2D eigenvalue weighted by molar-refractivity contribution is 0.0996. The van der Waals surface area contributed by atoms with Gasteiger partial charge in [0.05, 0.1) is 10.4 Å². The molecule has 0 unspecified atom stereocenters. The Balaban J connectivity index is 2.57. The highest BCUT2D eigenvalue weighted by Crippen LogP contribution is 2.32. The van der Waals surface area contributed by atoms with Gasteiger partial charge in [-0.3, -0.25) is 4.79 Å². The number of aromatic nitrogens is 1. The molecule has 0 radical (unpaired) electrons. The molecule has 0 bridgehead atoms. The van der Waals surface area contributed by atoms with Crippen molar-refractivity contribution in [2.45, 2.75) is 13.8 Å². The fraction of sp³-hybridized carbons (Fsp3) is 0.333. The first-order chi connectivity index (χ1) is 8.17. The number of pyridine rings is 1. The molecule has 5 heteroatoms. The van der Waals surface area contributed by atoms with Gasteiger partial charge < -0.3 is 10.6 Å². The van der Waals surface area contributed by atoms with Gasteiger partial charge in [0.25, 0.3) is 5.91 Å². The van der Waals surface area contributed by atoms with E-state index in [9.17, 15) is 4.79 Å². The Morgan fingerprint density at radius 3 is 2.76 bits per heavy atom. The van der Waals surface area contributed by atoms with Crippen molar-refractivity contribution >= 4 is 33.0 Å². The largest absolute Gasteiger partial charge is 0.371 e. The molecular formula is C12H15N3OS. The maximum atomic E-state index is 11.1. The molecule has 0 atom stereocenters. The number of hydrogen-bond acceptors (Lipinski definition) is 4. The van der Waals surface area contributed by atoms with Crippen LogP contribution in [0.2, 0.25) is 0 Å². The first-order valence-corrected chi connectivity index (χ1v) is 6.47. The van der Waals surface area contributed by atoms with Gasteiger partial charge in [-0.2, -0.15) is 0 Å². The fourth-order valence-electron chi connectivity index (χ4n) is 1.86. The second-order valence-electron chi connectivity index (χ2n) is 3.72. The van der Waals surface area contributed by atoms with Crippen molar-refractivity contribution in [2.75, 3.05) is 18.0 Å². The van der Waals surface area contributed by atoms with Crippen molar-refractivity contribution in [3.8, 4) is 0 Å². The van der Waals surface area contributed by atoms with Crippen LogP contribution in [0, 0.1) is 0 Å². The van der Waals surface area contributed by atoms with E-state index >= 15 is 0 Å². The van der Waals surface area contributed by atoms with E-state index < -0.39 is 5.91 Å². The number of thiophene rings is 1. The monoisotopic (exact) mass is 249 g/mol. The quantitative estimate of drug-likeness (QED) is 0.904. The Bertz CT molecular complexity index is 546. The van der Waals surface area contributed by atoms with E-state index in [0.29, 0.717) is 5.69 Å². The van der Waals surface area contributed by atoms with Crippen molar-refractivity contribution in [1.29, 1.82) is 0 Å². The molecule has 2 heterocycles. The van der Waals surface area contributed by atoms with Crippen molar-refractivity contribution in [1.82, 2.24) is 4.98 Å². The number of fused-ring (bicyclic) bond motifs is 1. The summed E-state index contributed by atoms with van der Waals surface area (Å²) in [6.45, 7) is 6.11. The molecule has 0 aliphatic rings. The van der Waals surface area contributed by atoms with Crippen LogP contribution in [-0.2, 0) is 0 Å². The second-order valence-corrected chi connectivity index (χ2v) is 4.63. The summed E-state index contributed by atoms with van der Waals surface area (Å²) in [6.07, 6.45) is 1.72. The number of rotatable bonds is 4. The van der Waals surface area contributed by atoms with Crippen LogP contribution in [0.25, 0.3) is 10.1 Å². The molecule has 1 amide bonds. The Morgan fingerprint density at radius 2 is 2.18 bits per heavy atom. The van der Waals surface area contributed by atoms with E-state index in [0.717, 1.165) is 28.9 Å². The van der Waals surface area contributed by atoms with Crippen LogP contribution in [0.3, 0.4) is 0 Å². The highest BCUT2D eigenvalue weighted by atomic mass is 32.1. The molecule has 2 rings (SSSR count). The summed E-state index contributed by atoms with van der Waals surface area (Å²) >= 11 is 1.64. The molecule has 4 nitrogen and oxygen atoms in total. The van der Waals surface area contributed by atoms with Gasteiger partial charge in [-0.1, -0.05) is 0 Å². The zero-order chi connectivity index (χ0) is 12.4. The number of carbonyl (C=O) groups excluding carboxylic acids is 1.